The Kier molecular flexibility index (Phi) is 12.1. The van der Waals surface area contributed by atoms with Crippen molar-refractivity contribution in [2.75, 3.05) is 32.6 Å². The molecule has 0 aliphatic carbocycles. The number of amides is 2. The summed E-state index contributed by atoms with van der Waals surface area (Å²) in [6.45, 7) is 1.53. The molecule has 10 nitrogen and oxygen atoms in total. The molecule has 1 fully saturated rings. The number of aliphatic hydroxyl groups excluding tert-OH is 1. The first-order chi connectivity index (χ1) is 22.9. The lowest BCUT2D eigenvalue weighted by molar-refractivity contribution is -0.252. The van der Waals surface area contributed by atoms with Crippen LogP contribution in [0, 0.1) is 0 Å². The summed E-state index contributed by atoms with van der Waals surface area (Å²) >= 11 is 0. The molecule has 1 aliphatic rings. The van der Waals surface area contributed by atoms with Gasteiger partial charge in [-0.25, -0.2) is 9.59 Å². The number of esters is 1. The van der Waals surface area contributed by atoms with Crippen molar-refractivity contribution >= 4 is 17.7 Å². The zero-order chi connectivity index (χ0) is 33.0. The number of aliphatic hydroxyl groups is 1. The van der Waals surface area contributed by atoms with Crippen molar-refractivity contribution in [1.82, 2.24) is 15.2 Å². The maximum Gasteiger partial charge on any atom is 0.328 e. The monoisotopic (exact) mass is 638 g/mol. The minimum Gasteiger partial charge on any atom is -0.467 e. The van der Waals surface area contributed by atoms with Crippen molar-refractivity contribution < 1.29 is 28.9 Å². The molecule has 0 radical (unpaired) electrons. The Labute approximate surface area is 275 Å². The van der Waals surface area contributed by atoms with Gasteiger partial charge in [0.15, 0.2) is 6.29 Å². The van der Waals surface area contributed by atoms with E-state index in [0.717, 1.165) is 40.9 Å². The molecule has 10 heteroatoms. The van der Waals surface area contributed by atoms with Gasteiger partial charge in [-0.15, -0.1) is 0 Å². The topological polar surface area (TPSA) is 122 Å². The van der Waals surface area contributed by atoms with Crippen molar-refractivity contribution in [2.24, 2.45) is 0 Å². The van der Waals surface area contributed by atoms with Crippen LogP contribution in [-0.4, -0.2) is 66.4 Å². The van der Waals surface area contributed by atoms with Gasteiger partial charge in [-0.2, -0.15) is 0 Å². The smallest absolute Gasteiger partial charge is 0.328 e. The summed E-state index contributed by atoms with van der Waals surface area (Å²) in [6.07, 6.45) is 2.69. The van der Waals surface area contributed by atoms with Crippen LogP contribution < -0.4 is 10.6 Å². The molecule has 5 rings (SSSR count). The van der Waals surface area contributed by atoms with Crippen molar-refractivity contribution in [2.45, 2.75) is 50.4 Å². The third kappa shape index (κ3) is 9.94. The highest BCUT2D eigenvalue weighted by atomic mass is 16.7. The molecule has 1 aliphatic heterocycles. The van der Waals surface area contributed by atoms with Crippen LogP contribution in [0.4, 0.5) is 10.5 Å². The van der Waals surface area contributed by atoms with E-state index >= 15 is 0 Å². The number of carbonyl (C=O) groups excluding carboxylic acids is 2. The van der Waals surface area contributed by atoms with E-state index in [9.17, 15) is 14.7 Å². The van der Waals surface area contributed by atoms with Crippen LogP contribution in [0.2, 0.25) is 0 Å². The van der Waals surface area contributed by atoms with Gasteiger partial charge >= 0.3 is 12.0 Å². The van der Waals surface area contributed by atoms with E-state index in [1.54, 1.807) is 12.1 Å². The second-order valence-corrected chi connectivity index (χ2v) is 11.7. The number of aromatic nitrogens is 1. The Balaban J connectivity index is 1.24. The number of likely N-dealkylation sites (N-methyl/N-ethyl adjacent to an activating group) is 1. The molecule has 2 heterocycles. The summed E-state index contributed by atoms with van der Waals surface area (Å²) in [5, 5.41) is 15.0. The van der Waals surface area contributed by atoms with Gasteiger partial charge in [0, 0.05) is 55.5 Å². The van der Waals surface area contributed by atoms with E-state index in [1.807, 2.05) is 91.1 Å². The summed E-state index contributed by atoms with van der Waals surface area (Å²) in [6, 6.07) is 29.1. The summed E-state index contributed by atoms with van der Waals surface area (Å²) in [5.74, 6) is -0.525. The van der Waals surface area contributed by atoms with Crippen LogP contribution in [0.25, 0.3) is 0 Å². The third-order valence-electron chi connectivity index (χ3n) is 8.12. The lowest BCUT2D eigenvalue weighted by atomic mass is 9.99. The number of pyridine rings is 1. The van der Waals surface area contributed by atoms with Crippen molar-refractivity contribution in [3.63, 3.8) is 0 Å². The molecule has 4 atom stereocenters. The zero-order valence-electron chi connectivity index (χ0n) is 26.7. The van der Waals surface area contributed by atoms with Crippen LogP contribution in [0.1, 0.15) is 46.8 Å². The lowest BCUT2D eigenvalue weighted by Gasteiger charge is -2.38. The SMILES string of the molecule is COC(=O)C(Cc1ccccc1)NC(=O)Nc1ccc(C2OC(CN(C)CCc3ccccn3)CC(c3ccc(CO)cc3)O2)cc1. The van der Waals surface area contributed by atoms with Crippen molar-refractivity contribution in [3.05, 3.63) is 131 Å². The summed E-state index contributed by atoms with van der Waals surface area (Å²) < 4.78 is 17.9. The number of anilines is 1. The summed E-state index contributed by atoms with van der Waals surface area (Å²) in [7, 11) is 3.38. The fraction of sp³-hybridized carbons (Fsp3) is 0.324. The Hall–Kier alpha value is -4.61. The van der Waals surface area contributed by atoms with Crippen molar-refractivity contribution in [3.8, 4) is 0 Å². The largest absolute Gasteiger partial charge is 0.467 e. The molecule has 2 amide bonds. The average Bonchev–Trinajstić information content (AvgIpc) is 3.11. The second-order valence-electron chi connectivity index (χ2n) is 11.7. The van der Waals surface area contributed by atoms with E-state index in [-0.39, 0.29) is 18.8 Å². The Morgan fingerprint density at radius 1 is 0.936 bits per heavy atom. The maximum atomic E-state index is 12.9. The molecule has 0 spiro atoms. The number of hydrogen-bond donors (Lipinski definition) is 3. The first-order valence-corrected chi connectivity index (χ1v) is 15.8. The maximum absolute atomic E-state index is 12.9. The van der Waals surface area contributed by atoms with Crippen LogP contribution in [0.5, 0.6) is 0 Å². The van der Waals surface area contributed by atoms with Gasteiger partial charge in [-0.05, 0) is 48.0 Å². The molecule has 3 aromatic carbocycles. The van der Waals surface area contributed by atoms with Gasteiger partial charge < -0.3 is 34.9 Å². The molecule has 1 aromatic heterocycles. The average molecular weight is 639 g/mol. The predicted octanol–water partition coefficient (Wildman–Crippen LogP) is 5.20. The number of nitrogens with zero attached hydrogens (tertiary/aromatic N) is 2. The number of urea groups is 1. The number of ether oxygens (including phenoxy) is 3. The number of carbonyl (C=O) groups is 2. The first-order valence-electron chi connectivity index (χ1n) is 15.8. The van der Waals surface area contributed by atoms with Crippen molar-refractivity contribution in [1.29, 1.82) is 0 Å². The molecular formula is C37H42N4O6. The highest BCUT2D eigenvalue weighted by Gasteiger charge is 2.33. The predicted molar refractivity (Wildman–Crippen MR) is 178 cm³/mol. The summed E-state index contributed by atoms with van der Waals surface area (Å²) in [4.78, 5) is 31.9. The van der Waals surface area contributed by atoms with Crippen LogP contribution in [0.15, 0.2) is 103 Å². The van der Waals surface area contributed by atoms with E-state index in [4.69, 9.17) is 14.2 Å². The highest BCUT2D eigenvalue weighted by Crippen LogP contribution is 2.38. The van der Waals surface area contributed by atoms with Crippen LogP contribution >= 0.6 is 0 Å². The fourth-order valence-corrected chi connectivity index (χ4v) is 5.56. The minimum absolute atomic E-state index is 0.0178. The molecule has 47 heavy (non-hydrogen) atoms. The molecule has 4 aromatic rings. The van der Waals surface area contributed by atoms with E-state index in [1.165, 1.54) is 7.11 Å². The van der Waals surface area contributed by atoms with Gasteiger partial charge in [0.05, 0.1) is 25.9 Å². The fourth-order valence-electron chi connectivity index (χ4n) is 5.56. The standard InChI is InChI=1S/C37H42N4O6/c1-41(21-19-30-10-6-7-20-38-30)24-32-23-34(28-13-11-27(25-42)12-14-28)47-36(46-32)29-15-17-31(18-16-29)39-37(44)40-33(35(43)45-2)22-26-8-4-3-5-9-26/h3-18,20,32-34,36,42H,19,21-25H2,1-2H3,(H2,39,40,44). The van der Waals surface area contributed by atoms with Gasteiger partial charge in [-0.3, -0.25) is 4.98 Å². The van der Waals surface area contributed by atoms with Crippen LogP contribution in [-0.2, 0) is 38.5 Å². The highest BCUT2D eigenvalue weighted by molar-refractivity contribution is 5.92. The number of benzene rings is 3. The third-order valence-corrected chi connectivity index (χ3v) is 8.12. The molecule has 4 unspecified atom stereocenters. The summed E-state index contributed by atoms with van der Waals surface area (Å²) in [5.41, 5.74) is 5.17. The van der Waals surface area contributed by atoms with Gasteiger partial charge in [0.1, 0.15) is 6.04 Å². The second kappa shape index (κ2) is 16.8. The van der Waals surface area contributed by atoms with E-state index in [2.05, 4.69) is 27.6 Å². The Morgan fingerprint density at radius 3 is 2.34 bits per heavy atom. The molecular weight excluding hydrogens is 596 g/mol. The Morgan fingerprint density at radius 2 is 1.66 bits per heavy atom. The molecule has 0 bridgehead atoms. The Bertz CT molecular complexity index is 1550. The molecule has 0 saturated carbocycles. The van der Waals surface area contributed by atoms with Gasteiger partial charge in [-0.1, -0.05) is 72.8 Å². The zero-order valence-corrected chi connectivity index (χ0v) is 26.7. The first kappa shape index (κ1) is 33.7. The molecule has 1 saturated heterocycles. The normalized spacial score (nSPS) is 18.3. The number of hydrogen-bond acceptors (Lipinski definition) is 8. The van der Waals surface area contributed by atoms with E-state index < -0.39 is 24.3 Å². The molecule has 3 N–H and O–H groups in total. The van der Waals surface area contributed by atoms with Gasteiger partial charge in [0.25, 0.3) is 0 Å². The quantitative estimate of drug-likeness (QED) is 0.171. The number of methoxy groups -OCH3 is 1. The molecule has 246 valence electrons. The lowest BCUT2D eigenvalue weighted by Crippen LogP contribution is -2.45. The minimum atomic E-state index is -0.840. The number of rotatable bonds is 13. The number of nitrogens with one attached hydrogen (secondary N) is 2. The van der Waals surface area contributed by atoms with E-state index in [0.29, 0.717) is 25.1 Å². The van der Waals surface area contributed by atoms with Crippen LogP contribution in [0.3, 0.4) is 0 Å². The van der Waals surface area contributed by atoms with Gasteiger partial charge in [0.2, 0.25) is 0 Å².